The van der Waals surface area contributed by atoms with E-state index in [2.05, 4.69) is 50.2 Å². The molecule has 6 heteroatoms. The van der Waals surface area contributed by atoms with Crippen LogP contribution in [0, 0.1) is 0 Å². The third kappa shape index (κ3) is 2.84. The van der Waals surface area contributed by atoms with Crippen LogP contribution >= 0.6 is 0 Å². The van der Waals surface area contributed by atoms with Gasteiger partial charge in [-0.1, -0.05) is 30.3 Å². The Hall–Kier alpha value is -2.47. The van der Waals surface area contributed by atoms with E-state index < -0.39 is 0 Å². The molecule has 26 heavy (non-hydrogen) atoms. The van der Waals surface area contributed by atoms with Crippen LogP contribution in [0.15, 0.2) is 42.7 Å². The fourth-order valence-corrected chi connectivity index (χ4v) is 4.35. The average molecular weight is 348 g/mol. The third-order valence-corrected chi connectivity index (χ3v) is 5.68. The summed E-state index contributed by atoms with van der Waals surface area (Å²) in [6.45, 7) is 4.64. The van der Waals surface area contributed by atoms with Crippen molar-refractivity contribution in [1.82, 2.24) is 24.5 Å². The number of hydrogen-bond donors (Lipinski definition) is 0. The summed E-state index contributed by atoms with van der Waals surface area (Å²) in [5.41, 5.74) is 2.08. The van der Waals surface area contributed by atoms with E-state index >= 15 is 0 Å². The van der Waals surface area contributed by atoms with Gasteiger partial charge in [-0.15, -0.1) is 0 Å². The molecular weight excluding hydrogens is 324 g/mol. The van der Waals surface area contributed by atoms with Crippen molar-refractivity contribution in [2.45, 2.75) is 31.7 Å². The Morgan fingerprint density at radius 2 is 1.81 bits per heavy atom. The van der Waals surface area contributed by atoms with Gasteiger partial charge in [0.1, 0.15) is 12.1 Å². The second-order valence-electron chi connectivity index (χ2n) is 7.32. The van der Waals surface area contributed by atoms with E-state index in [9.17, 15) is 0 Å². The molecule has 2 aliphatic rings. The van der Waals surface area contributed by atoms with E-state index in [0.717, 1.165) is 30.2 Å². The highest BCUT2D eigenvalue weighted by Gasteiger charge is 2.28. The van der Waals surface area contributed by atoms with Crippen LogP contribution in [0.25, 0.3) is 17.0 Å². The van der Waals surface area contributed by atoms with Crippen LogP contribution < -0.4 is 4.90 Å². The summed E-state index contributed by atoms with van der Waals surface area (Å²) >= 11 is 0. The fraction of sp³-hybridized carbons (Fsp3) is 0.450. The van der Waals surface area contributed by atoms with Crippen molar-refractivity contribution in [1.29, 1.82) is 0 Å². The second-order valence-corrected chi connectivity index (χ2v) is 7.32. The van der Waals surface area contributed by atoms with Gasteiger partial charge in [0.2, 0.25) is 0 Å². The normalized spacial score (nSPS) is 21.5. The fourth-order valence-electron chi connectivity index (χ4n) is 4.35. The highest BCUT2D eigenvalue weighted by Crippen LogP contribution is 2.28. The van der Waals surface area contributed by atoms with Crippen molar-refractivity contribution < 1.29 is 0 Å². The number of rotatable bonds is 3. The summed E-state index contributed by atoms with van der Waals surface area (Å²) in [4.78, 5) is 14.2. The Kier molecular flexibility index (Phi) is 4.05. The zero-order valence-corrected chi connectivity index (χ0v) is 15.0. The van der Waals surface area contributed by atoms with E-state index in [1.165, 1.54) is 38.8 Å². The van der Waals surface area contributed by atoms with Crippen molar-refractivity contribution in [2.24, 2.45) is 0 Å². The van der Waals surface area contributed by atoms with Gasteiger partial charge in [-0.25, -0.2) is 4.98 Å². The average Bonchev–Trinajstić information content (AvgIpc) is 3.40. The van der Waals surface area contributed by atoms with E-state index in [1.54, 1.807) is 6.33 Å². The first-order valence-electron chi connectivity index (χ1n) is 9.64. The highest BCUT2D eigenvalue weighted by molar-refractivity contribution is 5.65. The topological polar surface area (TPSA) is 49.6 Å². The zero-order chi connectivity index (χ0) is 17.3. The molecule has 2 fully saturated rings. The van der Waals surface area contributed by atoms with Gasteiger partial charge >= 0.3 is 0 Å². The molecule has 2 aromatic heterocycles. The van der Waals surface area contributed by atoms with E-state index in [4.69, 9.17) is 4.98 Å². The Balaban J connectivity index is 1.52. The van der Waals surface area contributed by atoms with Crippen LogP contribution in [0.4, 0.5) is 5.82 Å². The van der Waals surface area contributed by atoms with Crippen LogP contribution in [0.5, 0.6) is 0 Å². The smallest absolute Gasteiger partial charge is 0.254 e. The van der Waals surface area contributed by atoms with Gasteiger partial charge in [0.15, 0.2) is 0 Å². The number of benzene rings is 1. The first kappa shape index (κ1) is 15.8. The number of aromatic nitrogens is 4. The maximum absolute atomic E-state index is 4.71. The summed E-state index contributed by atoms with van der Waals surface area (Å²) in [6, 6.07) is 13.2. The van der Waals surface area contributed by atoms with Crippen molar-refractivity contribution in [2.75, 3.05) is 31.1 Å². The number of hydrogen-bond acceptors (Lipinski definition) is 5. The van der Waals surface area contributed by atoms with Crippen LogP contribution in [0.2, 0.25) is 0 Å². The largest absolute Gasteiger partial charge is 0.355 e. The molecular formula is C20H24N6. The predicted molar refractivity (Wildman–Crippen MR) is 102 cm³/mol. The maximum Gasteiger partial charge on any atom is 0.254 e. The lowest BCUT2D eigenvalue weighted by Gasteiger charge is -2.38. The van der Waals surface area contributed by atoms with Gasteiger partial charge in [-0.05, 0) is 38.8 Å². The number of nitrogens with zero attached hydrogens (tertiary/aromatic N) is 6. The minimum absolute atomic E-state index is 0.651. The molecule has 3 aromatic rings. The summed E-state index contributed by atoms with van der Waals surface area (Å²) in [7, 11) is 0. The molecule has 0 aliphatic carbocycles. The molecule has 5 rings (SSSR count). The van der Waals surface area contributed by atoms with Gasteiger partial charge in [-0.3, -0.25) is 4.90 Å². The lowest BCUT2D eigenvalue weighted by atomic mass is 10.0. The summed E-state index contributed by atoms with van der Waals surface area (Å²) < 4.78 is 1.89. The molecule has 2 aliphatic heterocycles. The van der Waals surface area contributed by atoms with Crippen LogP contribution in [-0.2, 0) is 0 Å². The molecule has 0 bridgehead atoms. The molecule has 0 amide bonds. The lowest BCUT2D eigenvalue weighted by molar-refractivity contribution is 0.215. The van der Waals surface area contributed by atoms with E-state index in [0.29, 0.717) is 11.8 Å². The van der Waals surface area contributed by atoms with Crippen molar-refractivity contribution in [3.8, 4) is 11.3 Å². The predicted octanol–water partition coefficient (Wildman–Crippen LogP) is 2.86. The van der Waals surface area contributed by atoms with Gasteiger partial charge in [0.05, 0.1) is 5.69 Å². The Bertz CT molecular complexity index is 884. The summed E-state index contributed by atoms with van der Waals surface area (Å²) in [5, 5.41) is 4.44. The molecule has 0 saturated carbocycles. The molecule has 0 N–H and O–H groups in total. The monoisotopic (exact) mass is 348 g/mol. The van der Waals surface area contributed by atoms with Crippen LogP contribution in [0.3, 0.4) is 0 Å². The van der Waals surface area contributed by atoms with Gasteiger partial charge in [-0.2, -0.15) is 14.6 Å². The Labute approximate surface area is 153 Å². The van der Waals surface area contributed by atoms with Gasteiger partial charge < -0.3 is 4.90 Å². The molecule has 0 spiro atoms. The lowest BCUT2D eigenvalue weighted by Crippen LogP contribution is -2.47. The summed E-state index contributed by atoms with van der Waals surface area (Å²) in [5.74, 6) is 1.78. The van der Waals surface area contributed by atoms with Crippen molar-refractivity contribution >= 4 is 11.6 Å². The van der Waals surface area contributed by atoms with E-state index in [-0.39, 0.29) is 0 Å². The standard InChI is InChI=1S/C20H24N6/c1-2-7-16(8-3-1)18-13-19(26-20(23-18)21-15-22-26)25-12-6-9-17(14-25)24-10-4-5-11-24/h1-3,7-8,13,15,17H,4-6,9-12,14H2. The van der Waals surface area contributed by atoms with Crippen molar-refractivity contribution in [3.63, 3.8) is 0 Å². The number of anilines is 1. The SMILES string of the molecule is c1ccc(-c2cc(N3CCCC(N4CCCC4)C3)n3ncnc3n2)cc1. The Morgan fingerprint density at radius 1 is 0.962 bits per heavy atom. The Morgan fingerprint density at radius 3 is 2.65 bits per heavy atom. The van der Waals surface area contributed by atoms with Crippen LogP contribution in [0.1, 0.15) is 25.7 Å². The zero-order valence-electron chi connectivity index (χ0n) is 15.0. The maximum atomic E-state index is 4.71. The second kappa shape index (κ2) is 6.68. The first-order valence-corrected chi connectivity index (χ1v) is 9.64. The molecule has 6 nitrogen and oxygen atoms in total. The quantitative estimate of drug-likeness (QED) is 0.728. The first-order chi connectivity index (χ1) is 12.9. The molecule has 1 atom stereocenters. The minimum Gasteiger partial charge on any atom is -0.355 e. The molecule has 0 radical (unpaired) electrons. The highest BCUT2D eigenvalue weighted by atomic mass is 15.4. The van der Waals surface area contributed by atoms with Gasteiger partial charge in [0.25, 0.3) is 5.78 Å². The molecule has 2 saturated heterocycles. The molecule has 1 aromatic carbocycles. The summed E-state index contributed by atoms with van der Waals surface area (Å²) in [6.07, 6.45) is 6.81. The number of likely N-dealkylation sites (tertiary alicyclic amines) is 1. The number of piperidine rings is 1. The van der Waals surface area contributed by atoms with Gasteiger partial charge in [0, 0.05) is 30.8 Å². The molecule has 4 heterocycles. The number of fused-ring (bicyclic) bond motifs is 1. The molecule has 1 unspecified atom stereocenters. The third-order valence-electron chi connectivity index (χ3n) is 5.68. The van der Waals surface area contributed by atoms with Crippen molar-refractivity contribution in [3.05, 3.63) is 42.7 Å². The minimum atomic E-state index is 0.651. The van der Waals surface area contributed by atoms with Crippen LogP contribution in [-0.4, -0.2) is 56.7 Å². The van der Waals surface area contributed by atoms with E-state index in [1.807, 2.05) is 10.6 Å². The molecule has 134 valence electrons.